The Kier molecular flexibility index (Phi) is 4.03. The summed E-state index contributed by atoms with van der Waals surface area (Å²) >= 11 is 3.24. The molecule has 0 amide bonds. The Morgan fingerprint density at radius 1 is 1.38 bits per heavy atom. The van der Waals surface area contributed by atoms with Gasteiger partial charge < -0.3 is 15.0 Å². The maximum atomic E-state index is 7.58. The highest BCUT2D eigenvalue weighted by molar-refractivity contribution is 8.01. The van der Waals surface area contributed by atoms with Crippen molar-refractivity contribution in [1.82, 2.24) is 5.16 Å². The SMILES string of the molecule is N=C(N)C1Cc2ccc(OCc3cc(-c4cccs4)on3)cc2S1. The van der Waals surface area contributed by atoms with Crippen LogP contribution >= 0.6 is 23.1 Å². The number of nitrogens with one attached hydrogen (secondary N) is 1. The molecule has 1 unspecified atom stereocenters. The van der Waals surface area contributed by atoms with E-state index in [4.69, 9.17) is 20.4 Å². The minimum atomic E-state index is 0.0409. The van der Waals surface area contributed by atoms with Gasteiger partial charge in [-0.05, 0) is 35.6 Å². The number of thiophene rings is 1. The van der Waals surface area contributed by atoms with Gasteiger partial charge in [-0.2, -0.15) is 0 Å². The van der Waals surface area contributed by atoms with Gasteiger partial charge >= 0.3 is 0 Å². The van der Waals surface area contributed by atoms with Gasteiger partial charge in [0, 0.05) is 11.0 Å². The second-order valence-electron chi connectivity index (χ2n) is 5.48. The fourth-order valence-electron chi connectivity index (χ4n) is 2.54. The minimum absolute atomic E-state index is 0.0409. The van der Waals surface area contributed by atoms with E-state index in [-0.39, 0.29) is 11.1 Å². The Labute approximate surface area is 147 Å². The monoisotopic (exact) mass is 357 g/mol. The molecule has 122 valence electrons. The summed E-state index contributed by atoms with van der Waals surface area (Å²) in [6.45, 7) is 0.356. The summed E-state index contributed by atoms with van der Waals surface area (Å²) in [7, 11) is 0. The number of thioether (sulfide) groups is 1. The van der Waals surface area contributed by atoms with Crippen LogP contribution in [0.1, 0.15) is 11.3 Å². The van der Waals surface area contributed by atoms with Gasteiger partial charge in [0.15, 0.2) is 5.76 Å². The molecule has 7 heteroatoms. The van der Waals surface area contributed by atoms with Crippen molar-refractivity contribution >= 4 is 28.9 Å². The van der Waals surface area contributed by atoms with Crippen molar-refractivity contribution in [3.05, 3.63) is 53.0 Å². The zero-order valence-corrected chi connectivity index (χ0v) is 14.3. The normalized spacial score (nSPS) is 16.1. The highest BCUT2D eigenvalue weighted by atomic mass is 32.2. The summed E-state index contributed by atoms with van der Waals surface area (Å²) in [5, 5.41) is 13.7. The van der Waals surface area contributed by atoms with Gasteiger partial charge in [0.05, 0.1) is 10.1 Å². The van der Waals surface area contributed by atoms with Crippen LogP contribution in [0, 0.1) is 5.41 Å². The molecule has 0 saturated heterocycles. The predicted octanol–water partition coefficient (Wildman–Crippen LogP) is 3.93. The second-order valence-corrected chi connectivity index (χ2v) is 7.68. The van der Waals surface area contributed by atoms with E-state index in [9.17, 15) is 0 Å². The van der Waals surface area contributed by atoms with Gasteiger partial charge in [-0.25, -0.2) is 0 Å². The Bertz CT molecular complexity index is 874. The Morgan fingerprint density at radius 2 is 2.29 bits per heavy atom. The number of aromatic nitrogens is 1. The maximum Gasteiger partial charge on any atom is 0.177 e. The second kappa shape index (κ2) is 6.33. The molecule has 0 saturated carbocycles. The third-order valence-corrected chi connectivity index (χ3v) is 5.99. The first-order valence-corrected chi connectivity index (χ1v) is 9.21. The Morgan fingerprint density at radius 3 is 3.08 bits per heavy atom. The van der Waals surface area contributed by atoms with Gasteiger partial charge in [0.25, 0.3) is 0 Å². The van der Waals surface area contributed by atoms with Crippen molar-refractivity contribution in [3.8, 4) is 16.4 Å². The standard InChI is InChI=1S/C17H15N3O2S2/c18-17(19)16-6-10-3-4-12(8-15(10)24-16)21-9-11-7-13(22-20-11)14-2-1-5-23-14/h1-5,7-8,16H,6,9H2,(H3,18,19). The third-order valence-electron chi connectivity index (χ3n) is 3.77. The zero-order valence-electron chi connectivity index (χ0n) is 12.7. The highest BCUT2D eigenvalue weighted by Gasteiger charge is 2.24. The third kappa shape index (κ3) is 3.05. The van der Waals surface area contributed by atoms with Gasteiger partial charge in [0.1, 0.15) is 23.9 Å². The van der Waals surface area contributed by atoms with Crippen LogP contribution in [-0.4, -0.2) is 16.2 Å². The van der Waals surface area contributed by atoms with Crippen LogP contribution in [0.3, 0.4) is 0 Å². The lowest BCUT2D eigenvalue weighted by molar-refractivity contribution is 0.289. The van der Waals surface area contributed by atoms with Crippen LogP contribution in [0.2, 0.25) is 0 Å². The van der Waals surface area contributed by atoms with Crippen LogP contribution in [0.4, 0.5) is 0 Å². The molecule has 0 fully saturated rings. The van der Waals surface area contributed by atoms with Crippen molar-refractivity contribution < 1.29 is 9.26 Å². The summed E-state index contributed by atoms with van der Waals surface area (Å²) < 4.78 is 11.2. The van der Waals surface area contributed by atoms with E-state index in [0.29, 0.717) is 6.61 Å². The number of hydrogen-bond donors (Lipinski definition) is 2. The van der Waals surface area contributed by atoms with Crippen molar-refractivity contribution in [2.45, 2.75) is 23.2 Å². The summed E-state index contributed by atoms with van der Waals surface area (Å²) in [5.41, 5.74) is 7.58. The Balaban J connectivity index is 1.42. The zero-order chi connectivity index (χ0) is 16.5. The molecule has 5 nitrogen and oxygen atoms in total. The smallest absolute Gasteiger partial charge is 0.177 e. The van der Waals surface area contributed by atoms with Gasteiger partial charge in [-0.1, -0.05) is 17.3 Å². The molecule has 0 radical (unpaired) electrons. The largest absolute Gasteiger partial charge is 0.487 e. The topological polar surface area (TPSA) is 85.1 Å². The van der Waals surface area contributed by atoms with Crippen LogP contribution < -0.4 is 10.5 Å². The number of benzene rings is 1. The van der Waals surface area contributed by atoms with Gasteiger partial charge in [-0.15, -0.1) is 23.1 Å². The molecule has 3 aromatic rings. The molecular weight excluding hydrogens is 342 g/mol. The molecule has 3 heterocycles. The molecule has 1 aliphatic rings. The minimum Gasteiger partial charge on any atom is -0.487 e. The molecule has 1 aliphatic heterocycles. The predicted molar refractivity (Wildman–Crippen MR) is 95.9 cm³/mol. The van der Waals surface area contributed by atoms with E-state index in [1.54, 1.807) is 23.1 Å². The van der Waals surface area contributed by atoms with Crippen LogP contribution in [-0.2, 0) is 13.0 Å². The molecule has 1 atom stereocenters. The van der Waals surface area contributed by atoms with Crippen molar-refractivity contribution in [3.63, 3.8) is 0 Å². The molecule has 2 aromatic heterocycles. The summed E-state index contributed by atoms with van der Waals surface area (Å²) in [5.74, 6) is 1.77. The van der Waals surface area contributed by atoms with Gasteiger partial charge in [0.2, 0.25) is 0 Å². The van der Waals surface area contributed by atoms with Crippen LogP contribution in [0.25, 0.3) is 10.6 Å². The van der Waals surface area contributed by atoms with E-state index in [0.717, 1.165) is 33.4 Å². The molecule has 24 heavy (non-hydrogen) atoms. The Hall–Kier alpha value is -2.25. The summed E-state index contributed by atoms with van der Waals surface area (Å²) in [6.07, 6.45) is 0.809. The highest BCUT2D eigenvalue weighted by Crippen LogP contribution is 2.39. The quantitative estimate of drug-likeness (QED) is 0.534. The van der Waals surface area contributed by atoms with E-state index in [1.165, 1.54) is 5.56 Å². The molecule has 1 aromatic carbocycles. The number of amidine groups is 1. The van der Waals surface area contributed by atoms with Gasteiger partial charge in [-0.3, -0.25) is 5.41 Å². The average molecular weight is 357 g/mol. The molecule has 3 N–H and O–H groups in total. The maximum absolute atomic E-state index is 7.58. The molecule has 4 rings (SSSR count). The first kappa shape index (κ1) is 15.3. The number of hydrogen-bond acceptors (Lipinski definition) is 6. The summed E-state index contributed by atoms with van der Waals surface area (Å²) in [6, 6.07) is 11.9. The lowest BCUT2D eigenvalue weighted by Gasteiger charge is -2.06. The average Bonchev–Trinajstić information content (AvgIpc) is 3.30. The fraction of sp³-hybridized carbons (Fsp3) is 0.176. The number of rotatable bonds is 5. The van der Waals surface area contributed by atoms with Crippen molar-refractivity contribution in [2.75, 3.05) is 0 Å². The first-order chi connectivity index (χ1) is 11.7. The molecular formula is C17H15N3O2S2. The lowest BCUT2D eigenvalue weighted by Crippen LogP contribution is -2.24. The van der Waals surface area contributed by atoms with Crippen molar-refractivity contribution in [1.29, 1.82) is 5.41 Å². The first-order valence-electron chi connectivity index (χ1n) is 7.45. The fourth-order valence-corrected chi connectivity index (χ4v) is 4.40. The molecule has 0 spiro atoms. The van der Waals surface area contributed by atoms with Crippen LogP contribution in [0.5, 0.6) is 5.75 Å². The van der Waals surface area contributed by atoms with E-state index in [1.807, 2.05) is 41.8 Å². The number of fused-ring (bicyclic) bond motifs is 1. The molecule has 0 bridgehead atoms. The van der Waals surface area contributed by atoms with Crippen LogP contribution in [0.15, 0.2) is 51.2 Å². The number of nitrogens with zero attached hydrogens (tertiary/aromatic N) is 1. The van der Waals surface area contributed by atoms with Crippen molar-refractivity contribution in [2.24, 2.45) is 5.73 Å². The number of ether oxygens (including phenoxy) is 1. The van der Waals surface area contributed by atoms with E-state index in [2.05, 4.69) is 5.16 Å². The lowest BCUT2D eigenvalue weighted by atomic mass is 10.1. The summed E-state index contributed by atoms with van der Waals surface area (Å²) in [4.78, 5) is 2.19. The van der Waals surface area contributed by atoms with E-state index < -0.39 is 0 Å². The number of nitrogens with two attached hydrogens (primary N) is 1. The molecule has 0 aliphatic carbocycles. The van der Waals surface area contributed by atoms with E-state index >= 15 is 0 Å².